The van der Waals surface area contributed by atoms with Crippen molar-refractivity contribution in [3.05, 3.63) is 42.5 Å². The van der Waals surface area contributed by atoms with Crippen LogP contribution >= 0.6 is 0 Å². The molecule has 0 aliphatic heterocycles. The van der Waals surface area contributed by atoms with Gasteiger partial charge in [-0.2, -0.15) is 0 Å². The molecule has 2 nitrogen and oxygen atoms in total. The maximum Gasteiger partial charge on any atom is 0.127 e. The van der Waals surface area contributed by atoms with E-state index < -0.39 is 0 Å². The zero-order valence-electron chi connectivity index (χ0n) is 12.9. The molecular weight excluding hydrogens is 258 g/mol. The summed E-state index contributed by atoms with van der Waals surface area (Å²) in [5.41, 5.74) is 0. The molecule has 112 valence electrons. The first-order chi connectivity index (χ1) is 10.3. The zero-order chi connectivity index (χ0) is 14.5. The molecule has 2 aromatic rings. The summed E-state index contributed by atoms with van der Waals surface area (Å²) in [5, 5.41) is 2.45. The molecule has 0 N–H and O–H groups in total. The van der Waals surface area contributed by atoms with Crippen LogP contribution in [0.5, 0.6) is 5.75 Å². The van der Waals surface area contributed by atoms with Gasteiger partial charge in [-0.3, -0.25) is 0 Å². The molecule has 0 amide bonds. The standard InChI is InChI=1S/C19H25NO/c1-20(17-10-3-2-4-11-17)14-15-21-19-13-7-9-16-8-5-6-12-18(16)19/h5-9,12-13,17H,2-4,10-11,14-15H2,1H3. The summed E-state index contributed by atoms with van der Waals surface area (Å²) in [6.45, 7) is 1.77. The fourth-order valence-electron chi connectivity index (χ4n) is 3.33. The van der Waals surface area contributed by atoms with Crippen LogP contribution in [0.2, 0.25) is 0 Å². The van der Waals surface area contributed by atoms with Gasteiger partial charge in [0.1, 0.15) is 12.4 Å². The molecule has 0 heterocycles. The maximum absolute atomic E-state index is 6.04. The number of hydrogen-bond acceptors (Lipinski definition) is 2. The van der Waals surface area contributed by atoms with Crippen LogP contribution in [0.3, 0.4) is 0 Å². The van der Waals surface area contributed by atoms with Gasteiger partial charge in [0, 0.05) is 18.0 Å². The van der Waals surface area contributed by atoms with E-state index >= 15 is 0 Å². The van der Waals surface area contributed by atoms with Crippen LogP contribution in [-0.4, -0.2) is 31.1 Å². The summed E-state index contributed by atoms with van der Waals surface area (Å²) < 4.78 is 6.04. The second kappa shape index (κ2) is 6.95. The maximum atomic E-state index is 6.04. The van der Waals surface area contributed by atoms with Gasteiger partial charge in [-0.1, -0.05) is 55.7 Å². The SMILES string of the molecule is CN(CCOc1cccc2ccccc12)C1CCCCC1. The predicted molar refractivity (Wildman–Crippen MR) is 88.9 cm³/mol. The van der Waals surface area contributed by atoms with Gasteiger partial charge in [-0.25, -0.2) is 0 Å². The van der Waals surface area contributed by atoms with Crippen LogP contribution in [0.4, 0.5) is 0 Å². The highest BCUT2D eigenvalue weighted by Gasteiger charge is 2.17. The molecule has 1 aliphatic carbocycles. The molecule has 0 radical (unpaired) electrons. The lowest BCUT2D eigenvalue weighted by atomic mass is 9.94. The number of fused-ring (bicyclic) bond motifs is 1. The topological polar surface area (TPSA) is 12.5 Å². The molecule has 0 unspecified atom stereocenters. The molecule has 3 rings (SSSR count). The third-order valence-corrected chi connectivity index (χ3v) is 4.65. The van der Waals surface area contributed by atoms with E-state index in [1.807, 2.05) is 0 Å². The fraction of sp³-hybridized carbons (Fsp3) is 0.474. The zero-order valence-corrected chi connectivity index (χ0v) is 12.9. The number of benzene rings is 2. The van der Waals surface area contributed by atoms with Crippen molar-refractivity contribution in [2.75, 3.05) is 20.2 Å². The summed E-state index contributed by atoms with van der Waals surface area (Å²) >= 11 is 0. The molecule has 0 aromatic heterocycles. The normalized spacial score (nSPS) is 16.5. The van der Waals surface area contributed by atoms with Crippen LogP contribution in [-0.2, 0) is 0 Å². The second-order valence-electron chi connectivity index (χ2n) is 6.10. The Balaban J connectivity index is 1.56. The minimum Gasteiger partial charge on any atom is -0.492 e. The molecule has 0 spiro atoms. The highest BCUT2D eigenvalue weighted by atomic mass is 16.5. The molecule has 0 atom stereocenters. The van der Waals surface area contributed by atoms with E-state index in [9.17, 15) is 0 Å². The van der Waals surface area contributed by atoms with Crippen LogP contribution in [0, 0.1) is 0 Å². The number of rotatable bonds is 5. The van der Waals surface area contributed by atoms with E-state index in [-0.39, 0.29) is 0 Å². The highest BCUT2D eigenvalue weighted by molar-refractivity contribution is 5.88. The van der Waals surface area contributed by atoms with Crippen LogP contribution in [0.15, 0.2) is 42.5 Å². The van der Waals surface area contributed by atoms with Crippen LogP contribution < -0.4 is 4.74 Å². The van der Waals surface area contributed by atoms with Crippen molar-refractivity contribution < 1.29 is 4.74 Å². The van der Waals surface area contributed by atoms with Gasteiger partial charge >= 0.3 is 0 Å². The average molecular weight is 283 g/mol. The predicted octanol–water partition coefficient (Wildman–Crippen LogP) is 4.48. The van der Waals surface area contributed by atoms with Crippen molar-refractivity contribution in [2.24, 2.45) is 0 Å². The summed E-state index contributed by atoms with van der Waals surface area (Å²) in [6, 6.07) is 15.5. The summed E-state index contributed by atoms with van der Waals surface area (Å²) in [6.07, 6.45) is 6.89. The summed E-state index contributed by atoms with van der Waals surface area (Å²) in [7, 11) is 2.24. The minimum absolute atomic E-state index is 0.759. The van der Waals surface area contributed by atoms with E-state index in [1.165, 1.54) is 42.9 Å². The lowest BCUT2D eigenvalue weighted by Gasteiger charge is -2.31. The highest BCUT2D eigenvalue weighted by Crippen LogP contribution is 2.25. The van der Waals surface area contributed by atoms with Gasteiger partial charge in [0.25, 0.3) is 0 Å². The van der Waals surface area contributed by atoms with E-state index in [4.69, 9.17) is 4.74 Å². The van der Waals surface area contributed by atoms with Crippen LogP contribution in [0.1, 0.15) is 32.1 Å². The van der Waals surface area contributed by atoms with E-state index in [0.29, 0.717) is 0 Å². The lowest BCUT2D eigenvalue weighted by molar-refractivity contribution is 0.160. The van der Waals surface area contributed by atoms with Gasteiger partial charge < -0.3 is 9.64 Å². The Labute approximate surface area is 127 Å². The molecule has 1 saturated carbocycles. The number of nitrogens with zero attached hydrogens (tertiary/aromatic N) is 1. The molecule has 1 aliphatic rings. The second-order valence-corrected chi connectivity index (χ2v) is 6.10. The minimum atomic E-state index is 0.759. The van der Waals surface area contributed by atoms with Crippen molar-refractivity contribution in [3.8, 4) is 5.75 Å². The Morgan fingerprint density at radius 1 is 1.00 bits per heavy atom. The molecule has 0 saturated heterocycles. The molecule has 0 bridgehead atoms. The van der Waals surface area contributed by atoms with Crippen molar-refractivity contribution in [3.63, 3.8) is 0 Å². The van der Waals surface area contributed by atoms with Crippen molar-refractivity contribution in [2.45, 2.75) is 38.1 Å². The van der Waals surface area contributed by atoms with E-state index in [2.05, 4.69) is 54.4 Å². The number of hydrogen-bond donors (Lipinski definition) is 0. The number of ether oxygens (including phenoxy) is 1. The summed E-state index contributed by atoms with van der Waals surface area (Å²) in [5.74, 6) is 1.00. The van der Waals surface area contributed by atoms with Gasteiger partial charge in [0.15, 0.2) is 0 Å². The molecule has 2 aromatic carbocycles. The monoisotopic (exact) mass is 283 g/mol. The van der Waals surface area contributed by atoms with Gasteiger partial charge in [-0.15, -0.1) is 0 Å². The van der Waals surface area contributed by atoms with Gasteiger partial charge in [0.2, 0.25) is 0 Å². The molecule has 1 fully saturated rings. The Morgan fingerprint density at radius 2 is 1.76 bits per heavy atom. The largest absolute Gasteiger partial charge is 0.492 e. The van der Waals surface area contributed by atoms with Crippen molar-refractivity contribution in [1.29, 1.82) is 0 Å². The van der Waals surface area contributed by atoms with Gasteiger partial charge in [-0.05, 0) is 31.3 Å². The fourth-order valence-corrected chi connectivity index (χ4v) is 3.33. The average Bonchev–Trinajstić information content (AvgIpc) is 2.56. The third-order valence-electron chi connectivity index (χ3n) is 4.65. The smallest absolute Gasteiger partial charge is 0.127 e. The molecule has 2 heteroatoms. The third kappa shape index (κ3) is 3.56. The van der Waals surface area contributed by atoms with Crippen molar-refractivity contribution in [1.82, 2.24) is 4.90 Å². The molecule has 21 heavy (non-hydrogen) atoms. The van der Waals surface area contributed by atoms with Crippen molar-refractivity contribution >= 4 is 10.8 Å². The lowest BCUT2D eigenvalue weighted by Crippen LogP contribution is -2.36. The first-order valence-corrected chi connectivity index (χ1v) is 8.15. The first-order valence-electron chi connectivity index (χ1n) is 8.15. The van der Waals surface area contributed by atoms with Crippen LogP contribution in [0.25, 0.3) is 10.8 Å². The Morgan fingerprint density at radius 3 is 2.62 bits per heavy atom. The first kappa shape index (κ1) is 14.4. The Kier molecular flexibility index (Phi) is 4.76. The Hall–Kier alpha value is -1.54. The van der Waals surface area contributed by atoms with Gasteiger partial charge in [0.05, 0.1) is 0 Å². The number of likely N-dealkylation sites (N-methyl/N-ethyl adjacent to an activating group) is 1. The summed E-state index contributed by atoms with van der Waals surface area (Å²) in [4.78, 5) is 2.48. The molecular formula is C19H25NO. The Bertz CT molecular complexity index is 569. The van der Waals surface area contributed by atoms with E-state index in [1.54, 1.807) is 0 Å². The quantitative estimate of drug-likeness (QED) is 0.802. The van der Waals surface area contributed by atoms with E-state index in [0.717, 1.165) is 24.9 Å².